The maximum Gasteiger partial charge on any atom is 0.286 e. The normalized spacial score (nSPS) is 13.8. The summed E-state index contributed by atoms with van der Waals surface area (Å²) >= 11 is 0. The Morgan fingerprint density at radius 1 is 1.16 bits per heavy atom. The second-order valence-corrected chi connectivity index (χ2v) is 5.73. The molecule has 2 aromatic rings. The summed E-state index contributed by atoms with van der Waals surface area (Å²) in [6.07, 6.45) is 3.03. The first kappa shape index (κ1) is 16.8. The van der Waals surface area contributed by atoms with E-state index in [1.165, 1.54) is 6.26 Å². The lowest BCUT2D eigenvalue weighted by molar-refractivity contribution is -0.117. The van der Waals surface area contributed by atoms with Crippen LogP contribution in [0.5, 0.6) is 0 Å². The molecule has 25 heavy (non-hydrogen) atoms. The van der Waals surface area contributed by atoms with E-state index in [0.717, 1.165) is 18.7 Å². The first-order valence-electron chi connectivity index (χ1n) is 8.15. The molecule has 0 atom stereocenters. The zero-order valence-corrected chi connectivity index (χ0v) is 13.7. The number of furan rings is 1. The molecule has 0 radical (unpaired) electrons. The fourth-order valence-electron chi connectivity index (χ4n) is 2.65. The molecule has 0 bridgehead atoms. The summed E-state index contributed by atoms with van der Waals surface area (Å²) in [6, 6.07) is 10.3. The summed E-state index contributed by atoms with van der Waals surface area (Å²) in [5.41, 5.74) is 1.49. The van der Waals surface area contributed by atoms with Crippen molar-refractivity contribution in [2.75, 3.05) is 23.3 Å². The van der Waals surface area contributed by atoms with E-state index in [-0.39, 0.29) is 36.4 Å². The lowest BCUT2D eigenvalue weighted by Gasteiger charge is -2.16. The topological polar surface area (TPSA) is 91.7 Å². The van der Waals surface area contributed by atoms with Crippen LogP contribution in [0.4, 0.5) is 11.4 Å². The van der Waals surface area contributed by atoms with Crippen molar-refractivity contribution in [3.8, 4) is 0 Å². The van der Waals surface area contributed by atoms with Crippen molar-refractivity contribution < 1.29 is 18.8 Å². The van der Waals surface area contributed by atoms with Crippen LogP contribution in [0.25, 0.3) is 0 Å². The number of hydrogen-bond donors (Lipinski definition) is 2. The molecule has 1 aliphatic heterocycles. The molecule has 0 saturated carbocycles. The predicted octanol–water partition coefficient (Wildman–Crippen LogP) is 2.17. The highest BCUT2D eigenvalue weighted by atomic mass is 16.3. The molecule has 7 heteroatoms. The van der Waals surface area contributed by atoms with Gasteiger partial charge in [0.25, 0.3) is 5.91 Å². The Kier molecular flexibility index (Phi) is 5.13. The van der Waals surface area contributed by atoms with Crippen LogP contribution in [-0.4, -0.2) is 30.8 Å². The van der Waals surface area contributed by atoms with E-state index in [9.17, 15) is 14.4 Å². The number of amides is 3. The largest absolute Gasteiger partial charge is 0.459 e. The first-order valence-corrected chi connectivity index (χ1v) is 8.15. The Balaban J connectivity index is 1.45. The van der Waals surface area contributed by atoms with E-state index in [1.54, 1.807) is 29.2 Å². The van der Waals surface area contributed by atoms with Crippen LogP contribution < -0.4 is 15.5 Å². The summed E-state index contributed by atoms with van der Waals surface area (Å²) in [7, 11) is 0. The van der Waals surface area contributed by atoms with Gasteiger partial charge in [-0.2, -0.15) is 0 Å². The van der Waals surface area contributed by atoms with E-state index in [4.69, 9.17) is 4.42 Å². The Labute approximate surface area is 145 Å². The quantitative estimate of drug-likeness (QED) is 0.842. The molecule has 1 saturated heterocycles. The van der Waals surface area contributed by atoms with Crippen LogP contribution in [0.1, 0.15) is 29.8 Å². The molecule has 3 rings (SSSR count). The van der Waals surface area contributed by atoms with Gasteiger partial charge in [-0.3, -0.25) is 14.4 Å². The van der Waals surface area contributed by atoms with Gasteiger partial charge in [0.2, 0.25) is 11.8 Å². The standard InChI is InChI=1S/C18H19N3O4/c22-16(9-10-19-18(24)15-3-2-12-25-15)20-13-5-7-14(8-6-13)21-11-1-4-17(21)23/h2-3,5-8,12H,1,4,9-11H2,(H,19,24)(H,20,22). The van der Waals surface area contributed by atoms with Crippen molar-refractivity contribution >= 4 is 29.1 Å². The minimum absolute atomic E-state index is 0.129. The van der Waals surface area contributed by atoms with Gasteiger partial charge in [0.05, 0.1) is 6.26 Å². The number of carbonyl (C=O) groups is 3. The van der Waals surface area contributed by atoms with Crippen molar-refractivity contribution in [1.29, 1.82) is 0 Å². The van der Waals surface area contributed by atoms with E-state index in [0.29, 0.717) is 12.1 Å². The summed E-state index contributed by atoms with van der Waals surface area (Å²) in [5.74, 6) is -0.210. The SMILES string of the molecule is O=C(CCNC(=O)c1ccco1)Nc1ccc(N2CCCC2=O)cc1. The smallest absolute Gasteiger partial charge is 0.286 e. The molecule has 1 aromatic carbocycles. The second-order valence-electron chi connectivity index (χ2n) is 5.73. The van der Waals surface area contributed by atoms with Gasteiger partial charge < -0.3 is 20.0 Å². The minimum atomic E-state index is -0.350. The third kappa shape index (κ3) is 4.26. The van der Waals surface area contributed by atoms with E-state index >= 15 is 0 Å². The van der Waals surface area contributed by atoms with Crippen molar-refractivity contribution in [3.63, 3.8) is 0 Å². The lowest BCUT2D eigenvalue weighted by atomic mass is 10.2. The number of anilines is 2. The molecular formula is C18H19N3O4. The molecular weight excluding hydrogens is 322 g/mol. The molecule has 2 N–H and O–H groups in total. The molecule has 0 unspecified atom stereocenters. The van der Waals surface area contributed by atoms with Gasteiger partial charge in [0, 0.05) is 37.3 Å². The molecule has 1 aromatic heterocycles. The highest BCUT2D eigenvalue weighted by Gasteiger charge is 2.21. The van der Waals surface area contributed by atoms with Gasteiger partial charge in [-0.1, -0.05) is 0 Å². The highest BCUT2D eigenvalue weighted by Crippen LogP contribution is 2.23. The summed E-state index contributed by atoms with van der Waals surface area (Å²) < 4.78 is 4.97. The number of carbonyl (C=O) groups excluding carboxylic acids is 3. The van der Waals surface area contributed by atoms with Crippen LogP contribution in [0, 0.1) is 0 Å². The molecule has 0 spiro atoms. The van der Waals surface area contributed by atoms with E-state index in [2.05, 4.69) is 10.6 Å². The molecule has 3 amide bonds. The van der Waals surface area contributed by atoms with Crippen LogP contribution in [0.2, 0.25) is 0 Å². The third-order valence-corrected chi connectivity index (χ3v) is 3.92. The highest BCUT2D eigenvalue weighted by molar-refractivity contribution is 5.96. The number of benzene rings is 1. The monoisotopic (exact) mass is 341 g/mol. The Hall–Kier alpha value is -3.09. The van der Waals surface area contributed by atoms with Gasteiger partial charge >= 0.3 is 0 Å². The maximum absolute atomic E-state index is 11.9. The van der Waals surface area contributed by atoms with Gasteiger partial charge in [0.15, 0.2) is 5.76 Å². The van der Waals surface area contributed by atoms with Crippen LogP contribution in [0.3, 0.4) is 0 Å². The molecule has 2 heterocycles. The molecule has 1 aliphatic rings. The van der Waals surface area contributed by atoms with Crippen molar-refractivity contribution in [2.24, 2.45) is 0 Å². The number of nitrogens with zero attached hydrogens (tertiary/aromatic N) is 1. The molecule has 0 aliphatic carbocycles. The fraction of sp³-hybridized carbons (Fsp3) is 0.278. The van der Waals surface area contributed by atoms with Crippen LogP contribution in [-0.2, 0) is 9.59 Å². The third-order valence-electron chi connectivity index (χ3n) is 3.92. The van der Waals surface area contributed by atoms with Crippen molar-refractivity contribution in [2.45, 2.75) is 19.3 Å². The Morgan fingerprint density at radius 3 is 2.60 bits per heavy atom. The second kappa shape index (κ2) is 7.65. The average molecular weight is 341 g/mol. The van der Waals surface area contributed by atoms with Gasteiger partial charge in [-0.05, 0) is 42.8 Å². The van der Waals surface area contributed by atoms with E-state index < -0.39 is 0 Å². The molecule has 1 fully saturated rings. The van der Waals surface area contributed by atoms with E-state index in [1.807, 2.05) is 12.1 Å². The van der Waals surface area contributed by atoms with Gasteiger partial charge in [0.1, 0.15) is 0 Å². The summed E-state index contributed by atoms with van der Waals surface area (Å²) in [5, 5.41) is 5.38. The van der Waals surface area contributed by atoms with Crippen molar-refractivity contribution in [1.82, 2.24) is 5.32 Å². The van der Waals surface area contributed by atoms with Gasteiger partial charge in [-0.15, -0.1) is 0 Å². The summed E-state index contributed by atoms with van der Waals surface area (Å²) in [6.45, 7) is 0.950. The van der Waals surface area contributed by atoms with Crippen molar-refractivity contribution in [3.05, 3.63) is 48.4 Å². The number of hydrogen-bond acceptors (Lipinski definition) is 4. The molecule has 130 valence electrons. The zero-order chi connectivity index (χ0) is 17.6. The average Bonchev–Trinajstić information content (AvgIpc) is 3.27. The predicted molar refractivity (Wildman–Crippen MR) is 92.3 cm³/mol. The number of rotatable bonds is 6. The van der Waals surface area contributed by atoms with Crippen LogP contribution in [0.15, 0.2) is 47.1 Å². The minimum Gasteiger partial charge on any atom is -0.459 e. The Morgan fingerprint density at radius 2 is 1.96 bits per heavy atom. The zero-order valence-electron chi connectivity index (χ0n) is 13.7. The number of nitrogens with one attached hydrogen (secondary N) is 2. The Bertz CT molecular complexity index is 753. The summed E-state index contributed by atoms with van der Waals surface area (Å²) in [4.78, 5) is 37.0. The fourth-order valence-corrected chi connectivity index (χ4v) is 2.65. The van der Waals surface area contributed by atoms with Crippen LogP contribution >= 0.6 is 0 Å². The lowest BCUT2D eigenvalue weighted by Crippen LogP contribution is -2.27. The maximum atomic E-state index is 11.9. The molecule has 7 nitrogen and oxygen atoms in total. The van der Waals surface area contributed by atoms with Gasteiger partial charge in [-0.25, -0.2) is 0 Å². The first-order chi connectivity index (χ1) is 12.1.